The van der Waals surface area contributed by atoms with Gasteiger partial charge in [0.25, 0.3) is 0 Å². The lowest BCUT2D eigenvalue weighted by Gasteiger charge is -2.18. The SMILES string of the molecule is COC[C@H]1O[C@@H](n2ccc(N)nc2=O)CC1OC(=O)c1nccnc1CN=[N+]=[N-]. The van der Waals surface area contributed by atoms with Gasteiger partial charge in [-0.05, 0) is 11.6 Å². The van der Waals surface area contributed by atoms with Crippen molar-refractivity contribution in [2.45, 2.75) is 31.4 Å². The van der Waals surface area contributed by atoms with E-state index in [0.717, 1.165) is 0 Å². The molecule has 0 saturated carbocycles. The normalized spacial score (nSPS) is 20.8. The van der Waals surface area contributed by atoms with E-state index >= 15 is 0 Å². The number of hydrogen-bond acceptors (Lipinski definition) is 10. The number of nitrogen functional groups attached to an aromatic ring is 1. The lowest BCUT2D eigenvalue weighted by atomic mass is 10.2. The van der Waals surface area contributed by atoms with E-state index in [1.165, 1.54) is 36.3 Å². The van der Waals surface area contributed by atoms with Gasteiger partial charge in [0, 0.05) is 37.0 Å². The van der Waals surface area contributed by atoms with Crippen molar-refractivity contribution in [3.05, 3.63) is 57.0 Å². The van der Waals surface area contributed by atoms with Crippen LogP contribution in [0, 0.1) is 0 Å². The lowest BCUT2D eigenvalue weighted by molar-refractivity contribution is -0.0601. The number of nitrogens with zero attached hydrogens (tertiary/aromatic N) is 7. The molecule has 3 rings (SSSR count). The Labute approximate surface area is 164 Å². The van der Waals surface area contributed by atoms with Gasteiger partial charge in [0.2, 0.25) is 0 Å². The highest BCUT2D eigenvalue weighted by molar-refractivity contribution is 5.88. The van der Waals surface area contributed by atoms with Crippen LogP contribution in [0.5, 0.6) is 0 Å². The second kappa shape index (κ2) is 9.10. The quantitative estimate of drug-likeness (QED) is 0.300. The van der Waals surface area contributed by atoms with E-state index in [1.54, 1.807) is 0 Å². The van der Waals surface area contributed by atoms with E-state index < -0.39 is 30.1 Å². The Morgan fingerprint density at radius 1 is 1.48 bits per heavy atom. The number of methoxy groups -OCH3 is 1. The molecule has 2 aromatic heterocycles. The van der Waals surface area contributed by atoms with E-state index in [0.29, 0.717) is 0 Å². The molecule has 0 aromatic carbocycles. The summed E-state index contributed by atoms with van der Waals surface area (Å²) in [5.74, 6) is -0.657. The molecule has 29 heavy (non-hydrogen) atoms. The van der Waals surface area contributed by atoms with Gasteiger partial charge in [-0.2, -0.15) is 4.98 Å². The van der Waals surface area contributed by atoms with Gasteiger partial charge in [-0.25, -0.2) is 14.6 Å². The molecular formula is C16H18N8O5. The third kappa shape index (κ3) is 4.66. The van der Waals surface area contributed by atoms with Gasteiger partial charge >= 0.3 is 11.7 Å². The molecule has 0 spiro atoms. The smallest absolute Gasteiger partial charge is 0.359 e. The summed E-state index contributed by atoms with van der Waals surface area (Å²) in [5, 5.41) is 3.40. The molecule has 1 saturated heterocycles. The summed E-state index contributed by atoms with van der Waals surface area (Å²) in [6, 6.07) is 1.47. The first-order valence-electron chi connectivity index (χ1n) is 8.54. The molecular weight excluding hydrogens is 384 g/mol. The molecule has 1 unspecified atom stereocenters. The average Bonchev–Trinajstić information content (AvgIpc) is 3.09. The standard InChI is InChI=1S/C16H18N8O5/c1-27-8-11-10(6-13(28-11)24-5-2-12(17)22-16(24)26)29-15(25)14-9(7-21-23-18)19-3-4-20-14/h2-5,10-11,13H,6-8H2,1H3,(H2,17,22,26)/t10?,11-,13-/m1/s1. The van der Waals surface area contributed by atoms with Crippen LogP contribution >= 0.6 is 0 Å². The minimum Gasteiger partial charge on any atom is -0.455 e. The number of hydrogen-bond donors (Lipinski definition) is 1. The fraction of sp³-hybridized carbons (Fsp3) is 0.438. The van der Waals surface area contributed by atoms with E-state index in [4.69, 9.17) is 25.5 Å². The third-order valence-electron chi connectivity index (χ3n) is 4.18. The van der Waals surface area contributed by atoms with Crippen LogP contribution in [-0.2, 0) is 20.8 Å². The molecule has 13 heteroatoms. The molecule has 2 aromatic rings. The first-order valence-corrected chi connectivity index (χ1v) is 8.54. The highest BCUT2D eigenvalue weighted by atomic mass is 16.6. The van der Waals surface area contributed by atoms with Crippen LogP contribution in [0.4, 0.5) is 5.82 Å². The Kier molecular flexibility index (Phi) is 6.34. The van der Waals surface area contributed by atoms with Crippen LogP contribution in [0.15, 0.2) is 34.6 Å². The zero-order chi connectivity index (χ0) is 20.8. The molecule has 3 atom stereocenters. The zero-order valence-electron chi connectivity index (χ0n) is 15.4. The fourth-order valence-electron chi connectivity index (χ4n) is 2.90. The second-order valence-electron chi connectivity index (χ2n) is 6.05. The van der Waals surface area contributed by atoms with Crippen LogP contribution in [0.2, 0.25) is 0 Å². The van der Waals surface area contributed by atoms with Crippen molar-refractivity contribution in [3.63, 3.8) is 0 Å². The van der Waals surface area contributed by atoms with Crippen LogP contribution in [-0.4, -0.2) is 51.4 Å². The molecule has 2 N–H and O–H groups in total. The second-order valence-corrected chi connectivity index (χ2v) is 6.05. The maximum absolute atomic E-state index is 12.6. The summed E-state index contributed by atoms with van der Waals surface area (Å²) in [6.07, 6.45) is 2.32. The van der Waals surface area contributed by atoms with Gasteiger partial charge in [-0.15, -0.1) is 0 Å². The van der Waals surface area contributed by atoms with Gasteiger partial charge in [-0.1, -0.05) is 5.11 Å². The number of carbonyl (C=O) groups excluding carboxylic acids is 1. The maximum atomic E-state index is 12.6. The molecule has 3 heterocycles. The predicted molar refractivity (Wildman–Crippen MR) is 97.4 cm³/mol. The molecule has 152 valence electrons. The van der Waals surface area contributed by atoms with Crippen molar-refractivity contribution < 1.29 is 19.0 Å². The van der Waals surface area contributed by atoms with Crippen molar-refractivity contribution in [3.8, 4) is 0 Å². The topological polar surface area (TPSA) is 180 Å². The predicted octanol–water partition coefficient (Wildman–Crippen LogP) is 0.585. The van der Waals surface area contributed by atoms with Crippen molar-refractivity contribution in [2.75, 3.05) is 19.5 Å². The van der Waals surface area contributed by atoms with Gasteiger partial charge in [0.15, 0.2) is 5.69 Å². The van der Waals surface area contributed by atoms with Crippen molar-refractivity contribution >= 4 is 11.8 Å². The number of nitrogens with two attached hydrogens (primary N) is 1. The Bertz CT molecular complexity index is 989. The van der Waals surface area contributed by atoms with Crippen molar-refractivity contribution in [2.24, 2.45) is 5.11 Å². The summed E-state index contributed by atoms with van der Waals surface area (Å²) in [7, 11) is 1.48. The lowest BCUT2D eigenvalue weighted by Crippen LogP contribution is -2.31. The number of ether oxygens (including phenoxy) is 3. The Morgan fingerprint density at radius 2 is 2.28 bits per heavy atom. The third-order valence-corrected chi connectivity index (χ3v) is 4.18. The number of azide groups is 1. The summed E-state index contributed by atoms with van der Waals surface area (Å²) >= 11 is 0. The van der Waals surface area contributed by atoms with Crippen molar-refractivity contribution in [1.82, 2.24) is 19.5 Å². The monoisotopic (exact) mass is 402 g/mol. The summed E-state index contributed by atoms with van der Waals surface area (Å²) < 4.78 is 17.8. The van der Waals surface area contributed by atoms with E-state index in [9.17, 15) is 9.59 Å². The zero-order valence-corrected chi connectivity index (χ0v) is 15.4. The minimum absolute atomic E-state index is 0.0640. The Hall–Kier alpha value is -3.54. The molecule has 1 aliphatic rings. The van der Waals surface area contributed by atoms with Crippen LogP contribution in [0.1, 0.15) is 28.8 Å². The Morgan fingerprint density at radius 3 is 3.00 bits per heavy atom. The molecule has 1 aliphatic heterocycles. The summed E-state index contributed by atoms with van der Waals surface area (Å²) in [5.41, 5.74) is 13.5. The van der Waals surface area contributed by atoms with E-state index in [-0.39, 0.29) is 36.8 Å². The number of carbonyl (C=O) groups is 1. The van der Waals surface area contributed by atoms with Gasteiger partial charge in [0.05, 0.1) is 18.8 Å². The summed E-state index contributed by atoms with van der Waals surface area (Å²) in [4.78, 5) is 39.0. The number of anilines is 1. The molecule has 0 amide bonds. The van der Waals surface area contributed by atoms with Gasteiger partial charge in [0.1, 0.15) is 24.3 Å². The molecule has 0 aliphatic carbocycles. The highest BCUT2D eigenvalue weighted by Gasteiger charge is 2.40. The van der Waals surface area contributed by atoms with Crippen LogP contribution in [0.3, 0.4) is 0 Å². The maximum Gasteiger partial charge on any atom is 0.359 e. The minimum atomic E-state index is -0.751. The molecule has 0 bridgehead atoms. The first-order chi connectivity index (χ1) is 14.0. The first kappa shape index (κ1) is 20.2. The molecule has 0 radical (unpaired) electrons. The average molecular weight is 402 g/mol. The van der Waals surface area contributed by atoms with Crippen molar-refractivity contribution in [1.29, 1.82) is 0 Å². The number of rotatable bonds is 7. The number of aromatic nitrogens is 4. The molecule has 1 fully saturated rings. The van der Waals surface area contributed by atoms with Crippen LogP contribution in [0.25, 0.3) is 10.4 Å². The van der Waals surface area contributed by atoms with Gasteiger partial charge in [-0.3, -0.25) is 9.55 Å². The summed E-state index contributed by atoms with van der Waals surface area (Å²) in [6.45, 7) is -0.00971. The number of esters is 1. The Balaban J connectivity index is 1.79. The van der Waals surface area contributed by atoms with Crippen LogP contribution < -0.4 is 11.4 Å². The van der Waals surface area contributed by atoms with E-state index in [1.807, 2.05) is 0 Å². The van der Waals surface area contributed by atoms with E-state index in [2.05, 4.69) is 25.0 Å². The largest absolute Gasteiger partial charge is 0.455 e. The molecule has 13 nitrogen and oxygen atoms in total. The fourth-order valence-corrected chi connectivity index (χ4v) is 2.90. The highest BCUT2D eigenvalue weighted by Crippen LogP contribution is 2.30. The van der Waals surface area contributed by atoms with Gasteiger partial charge < -0.3 is 19.9 Å².